The van der Waals surface area contributed by atoms with Crippen LogP contribution in [0, 0.1) is 5.41 Å². The SMILES string of the molecule is C=Cc1nc(N2CC3(CCN(C(=O)OC(C)(C)C)C3)C2)cc(C(F)(F)F)n1. The van der Waals surface area contributed by atoms with Gasteiger partial charge in [0.05, 0.1) is 0 Å². The highest BCUT2D eigenvalue weighted by Crippen LogP contribution is 2.42. The van der Waals surface area contributed by atoms with E-state index in [1.165, 1.54) is 6.08 Å². The van der Waals surface area contributed by atoms with Crippen molar-refractivity contribution in [1.82, 2.24) is 14.9 Å². The summed E-state index contributed by atoms with van der Waals surface area (Å²) in [5.41, 5.74) is -1.67. The molecule has 148 valence electrons. The van der Waals surface area contributed by atoms with E-state index in [2.05, 4.69) is 16.5 Å². The van der Waals surface area contributed by atoms with Gasteiger partial charge in [-0.05, 0) is 33.3 Å². The topological polar surface area (TPSA) is 58.6 Å². The second kappa shape index (κ2) is 6.38. The maximum absolute atomic E-state index is 13.0. The Morgan fingerprint density at radius 2 is 1.93 bits per heavy atom. The molecule has 0 atom stereocenters. The average Bonchev–Trinajstić information content (AvgIpc) is 2.96. The van der Waals surface area contributed by atoms with Gasteiger partial charge < -0.3 is 14.5 Å². The quantitative estimate of drug-likeness (QED) is 0.780. The van der Waals surface area contributed by atoms with Crippen molar-refractivity contribution in [2.75, 3.05) is 31.1 Å². The van der Waals surface area contributed by atoms with E-state index in [4.69, 9.17) is 4.74 Å². The third-order valence-electron chi connectivity index (χ3n) is 4.67. The van der Waals surface area contributed by atoms with E-state index in [1.54, 1.807) is 9.80 Å². The summed E-state index contributed by atoms with van der Waals surface area (Å²) in [7, 11) is 0. The lowest BCUT2D eigenvalue weighted by Crippen LogP contribution is -2.58. The number of carbonyl (C=O) groups is 1. The molecular formula is C18H23F3N4O2. The largest absolute Gasteiger partial charge is 0.444 e. The van der Waals surface area contributed by atoms with Crippen LogP contribution >= 0.6 is 0 Å². The number of amides is 1. The molecule has 9 heteroatoms. The maximum atomic E-state index is 13.0. The van der Waals surface area contributed by atoms with Crippen LogP contribution in [0.2, 0.25) is 0 Å². The van der Waals surface area contributed by atoms with Crippen LogP contribution in [-0.2, 0) is 10.9 Å². The first-order valence-electron chi connectivity index (χ1n) is 8.72. The van der Waals surface area contributed by atoms with E-state index in [1.807, 2.05) is 20.8 Å². The van der Waals surface area contributed by atoms with E-state index < -0.39 is 17.5 Å². The first-order chi connectivity index (χ1) is 12.4. The molecule has 2 saturated heterocycles. The summed E-state index contributed by atoms with van der Waals surface area (Å²) in [6.07, 6.45) is -2.91. The Morgan fingerprint density at radius 3 is 2.48 bits per heavy atom. The molecule has 1 aromatic rings. The number of likely N-dealkylation sites (tertiary alicyclic amines) is 1. The lowest BCUT2D eigenvalue weighted by molar-refractivity contribution is -0.141. The summed E-state index contributed by atoms with van der Waals surface area (Å²) in [6.45, 7) is 11.1. The number of halogens is 3. The van der Waals surface area contributed by atoms with Gasteiger partial charge in [0, 0.05) is 37.7 Å². The van der Waals surface area contributed by atoms with Crippen LogP contribution in [0.4, 0.5) is 23.8 Å². The Morgan fingerprint density at radius 1 is 1.26 bits per heavy atom. The van der Waals surface area contributed by atoms with Gasteiger partial charge in [-0.1, -0.05) is 6.58 Å². The highest BCUT2D eigenvalue weighted by atomic mass is 19.4. The minimum atomic E-state index is -4.54. The Balaban J connectivity index is 1.68. The van der Waals surface area contributed by atoms with Gasteiger partial charge >= 0.3 is 12.3 Å². The second-order valence-corrected chi connectivity index (χ2v) is 8.18. The molecule has 0 N–H and O–H groups in total. The zero-order chi connectivity index (χ0) is 20.0. The number of rotatable bonds is 2. The van der Waals surface area contributed by atoms with Crippen molar-refractivity contribution in [1.29, 1.82) is 0 Å². The number of hydrogen-bond donors (Lipinski definition) is 0. The minimum absolute atomic E-state index is 0.0532. The molecule has 0 aromatic carbocycles. The average molecular weight is 384 g/mol. The molecule has 0 aliphatic carbocycles. The third kappa shape index (κ3) is 4.17. The van der Waals surface area contributed by atoms with Crippen LogP contribution in [0.25, 0.3) is 6.08 Å². The number of hydrogen-bond acceptors (Lipinski definition) is 5. The van der Waals surface area contributed by atoms with Crippen molar-refractivity contribution >= 4 is 18.0 Å². The van der Waals surface area contributed by atoms with Gasteiger partial charge in [0.2, 0.25) is 0 Å². The molecule has 0 unspecified atom stereocenters. The molecule has 2 aliphatic heterocycles. The van der Waals surface area contributed by atoms with Gasteiger partial charge in [-0.15, -0.1) is 0 Å². The molecule has 2 fully saturated rings. The molecule has 0 radical (unpaired) electrons. The van der Waals surface area contributed by atoms with E-state index >= 15 is 0 Å². The molecule has 2 aliphatic rings. The smallest absolute Gasteiger partial charge is 0.433 e. The molecule has 3 rings (SSSR count). The number of alkyl halides is 3. The number of carbonyl (C=O) groups excluding carboxylic acids is 1. The molecule has 1 amide bonds. The Kier molecular flexibility index (Phi) is 4.60. The van der Waals surface area contributed by atoms with Crippen LogP contribution in [-0.4, -0.2) is 52.7 Å². The number of anilines is 1. The van der Waals surface area contributed by atoms with Crippen molar-refractivity contribution in [2.45, 2.75) is 39.0 Å². The summed E-state index contributed by atoms with van der Waals surface area (Å²) in [6, 6.07) is 0.959. The first kappa shape index (κ1) is 19.4. The van der Waals surface area contributed by atoms with E-state index in [9.17, 15) is 18.0 Å². The highest BCUT2D eigenvalue weighted by molar-refractivity contribution is 5.69. The van der Waals surface area contributed by atoms with E-state index in [-0.39, 0.29) is 23.2 Å². The summed E-state index contributed by atoms with van der Waals surface area (Å²) < 4.78 is 44.5. The molecular weight excluding hydrogens is 361 g/mol. The van der Waals surface area contributed by atoms with Crippen molar-refractivity contribution < 1.29 is 22.7 Å². The Hall–Kier alpha value is -2.32. The van der Waals surface area contributed by atoms with Gasteiger partial charge in [-0.25, -0.2) is 14.8 Å². The highest BCUT2D eigenvalue weighted by Gasteiger charge is 2.50. The minimum Gasteiger partial charge on any atom is -0.444 e. The molecule has 1 spiro atoms. The predicted octanol–water partition coefficient (Wildman–Crippen LogP) is 3.59. The van der Waals surface area contributed by atoms with Crippen molar-refractivity contribution in [3.8, 4) is 0 Å². The third-order valence-corrected chi connectivity index (χ3v) is 4.67. The normalized spacial score (nSPS) is 19.2. The Labute approximate surface area is 156 Å². The van der Waals surface area contributed by atoms with Crippen molar-refractivity contribution in [3.05, 3.63) is 24.2 Å². The molecule has 0 saturated carbocycles. The number of nitrogens with zero attached hydrogens (tertiary/aromatic N) is 4. The molecule has 6 nitrogen and oxygen atoms in total. The van der Waals surface area contributed by atoms with Gasteiger partial charge in [0.25, 0.3) is 0 Å². The summed E-state index contributed by atoms with van der Waals surface area (Å²) in [5, 5.41) is 0. The summed E-state index contributed by atoms with van der Waals surface area (Å²) in [4.78, 5) is 23.3. The standard InChI is InChI=1S/C18H23F3N4O2/c1-5-13-22-12(18(19,20)21)8-14(23-13)25-10-17(11-25)6-7-24(9-17)15(26)27-16(2,3)4/h5,8H,1,6-7,9-11H2,2-4H3. The van der Waals surface area contributed by atoms with Crippen LogP contribution in [0.15, 0.2) is 12.6 Å². The zero-order valence-electron chi connectivity index (χ0n) is 15.6. The fraction of sp³-hybridized carbons (Fsp3) is 0.611. The van der Waals surface area contributed by atoms with Gasteiger partial charge in [0.1, 0.15) is 11.4 Å². The van der Waals surface area contributed by atoms with Crippen LogP contribution in [0.3, 0.4) is 0 Å². The van der Waals surface area contributed by atoms with E-state index in [0.717, 1.165) is 12.5 Å². The van der Waals surface area contributed by atoms with Gasteiger partial charge in [-0.2, -0.15) is 13.2 Å². The Bertz CT molecular complexity index is 752. The first-order valence-corrected chi connectivity index (χ1v) is 8.72. The van der Waals surface area contributed by atoms with Crippen molar-refractivity contribution in [2.24, 2.45) is 5.41 Å². The second-order valence-electron chi connectivity index (χ2n) is 8.18. The van der Waals surface area contributed by atoms with Crippen LogP contribution in [0.1, 0.15) is 38.7 Å². The number of ether oxygens (including phenoxy) is 1. The van der Waals surface area contributed by atoms with Crippen LogP contribution < -0.4 is 4.90 Å². The van der Waals surface area contributed by atoms with E-state index in [0.29, 0.717) is 26.2 Å². The molecule has 27 heavy (non-hydrogen) atoms. The lowest BCUT2D eigenvalue weighted by Gasteiger charge is -2.48. The zero-order valence-corrected chi connectivity index (χ0v) is 15.6. The monoisotopic (exact) mass is 384 g/mol. The predicted molar refractivity (Wildman–Crippen MR) is 94.2 cm³/mol. The summed E-state index contributed by atoms with van der Waals surface area (Å²) >= 11 is 0. The molecule has 0 bridgehead atoms. The van der Waals surface area contributed by atoms with Gasteiger partial charge in [-0.3, -0.25) is 0 Å². The fourth-order valence-corrected chi connectivity index (χ4v) is 3.45. The molecule has 3 heterocycles. The maximum Gasteiger partial charge on any atom is 0.433 e. The summed E-state index contributed by atoms with van der Waals surface area (Å²) in [5.74, 6) is 0.177. The van der Waals surface area contributed by atoms with Crippen LogP contribution in [0.5, 0.6) is 0 Å². The molecule has 1 aromatic heterocycles. The number of aromatic nitrogens is 2. The lowest BCUT2D eigenvalue weighted by atomic mass is 9.79. The fourth-order valence-electron chi connectivity index (χ4n) is 3.45. The van der Waals surface area contributed by atoms with Gasteiger partial charge in [0.15, 0.2) is 11.5 Å². The van der Waals surface area contributed by atoms with Crippen molar-refractivity contribution in [3.63, 3.8) is 0 Å².